The number of pyridine rings is 1. The minimum atomic E-state index is 0.130. The molecule has 2 aromatic heterocycles. The molecule has 3 rings (SSSR count). The zero-order chi connectivity index (χ0) is 13.2. The van der Waals surface area contributed by atoms with E-state index in [1.54, 1.807) is 0 Å². The van der Waals surface area contributed by atoms with Gasteiger partial charge in [-0.05, 0) is 6.07 Å². The summed E-state index contributed by atoms with van der Waals surface area (Å²) in [4.78, 5) is 12.3. The molecule has 3 nitrogen and oxygen atoms in total. The number of aryl methyl sites for hydroxylation is 1. The molecule has 0 saturated carbocycles. The van der Waals surface area contributed by atoms with Crippen LogP contribution in [0.4, 0.5) is 0 Å². The Morgan fingerprint density at radius 3 is 2.63 bits per heavy atom. The molecule has 3 aromatic rings. The second-order valence-electron chi connectivity index (χ2n) is 4.61. The van der Waals surface area contributed by atoms with Crippen LogP contribution in [-0.2, 0) is 6.54 Å². The van der Waals surface area contributed by atoms with Crippen molar-refractivity contribution in [1.29, 1.82) is 0 Å². The summed E-state index contributed by atoms with van der Waals surface area (Å²) >= 11 is 0. The first-order valence-electron chi connectivity index (χ1n) is 6.30. The van der Waals surface area contributed by atoms with E-state index in [9.17, 15) is 4.79 Å². The van der Waals surface area contributed by atoms with Gasteiger partial charge in [-0.25, -0.2) is 8.97 Å². The molecule has 0 spiro atoms. The summed E-state index contributed by atoms with van der Waals surface area (Å²) in [6.07, 6.45) is 4.03. The first-order chi connectivity index (χ1) is 9.25. The Labute approximate surface area is 111 Å². The molecule has 0 saturated heterocycles. The molecule has 94 valence electrons. The lowest BCUT2D eigenvalue weighted by Gasteiger charge is -2.00. The highest BCUT2D eigenvalue weighted by Gasteiger charge is 2.17. The molecule has 0 fully saturated rings. The SMILES string of the molecule is Cc1c[n+]2ccccc2n1CC(=O)c1ccccc1. The Hall–Kier alpha value is -2.42. The maximum atomic E-state index is 12.3. The van der Waals surface area contributed by atoms with Gasteiger partial charge in [-0.1, -0.05) is 36.4 Å². The molecule has 0 atom stereocenters. The number of aromatic nitrogens is 2. The van der Waals surface area contributed by atoms with Crippen molar-refractivity contribution in [1.82, 2.24) is 4.57 Å². The van der Waals surface area contributed by atoms with Crippen LogP contribution >= 0.6 is 0 Å². The van der Waals surface area contributed by atoms with Crippen LogP contribution in [0.25, 0.3) is 5.65 Å². The molecule has 0 aliphatic rings. The molecule has 19 heavy (non-hydrogen) atoms. The standard InChI is InChI=1S/C16H15N2O/c1-13-11-17-10-6-5-9-16(17)18(13)12-15(19)14-7-3-2-4-8-14/h2-11H,12H2,1H3/q+1. The van der Waals surface area contributed by atoms with Gasteiger partial charge >= 0.3 is 0 Å². The fraction of sp³-hybridized carbons (Fsp3) is 0.125. The van der Waals surface area contributed by atoms with E-state index in [1.165, 1.54) is 0 Å². The van der Waals surface area contributed by atoms with E-state index in [0.717, 1.165) is 16.9 Å². The zero-order valence-electron chi connectivity index (χ0n) is 10.8. The first-order valence-corrected chi connectivity index (χ1v) is 6.30. The van der Waals surface area contributed by atoms with Gasteiger partial charge in [0.15, 0.2) is 6.54 Å². The minimum absolute atomic E-state index is 0.130. The third-order valence-corrected chi connectivity index (χ3v) is 3.29. The maximum absolute atomic E-state index is 12.3. The van der Waals surface area contributed by atoms with Crippen LogP contribution in [-0.4, -0.2) is 10.4 Å². The highest BCUT2D eigenvalue weighted by Crippen LogP contribution is 2.08. The third kappa shape index (κ3) is 2.15. The monoisotopic (exact) mass is 251 g/mol. The third-order valence-electron chi connectivity index (χ3n) is 3.29. The second kappa shape index (κ2) is 4.69. The molecule has 2 heterocycles. The van der Waals surface area contributed by atoms with Crippen molar-refractivity contribution in [2.75, 3.05) is 0 Å². The normalized spacial score (nSPS) is 10.8. The average molecular weight is 251 g/mol. The molecular weight excluding hydrogens is 236 g/mol. The highest BCUT2D eigenvalue weighted by atomic mass is 16.1. The summed E-state index contributed by atoms with van der Waals surface area (Å²) in [6.45, 7) is 2.39. The van der Waals surface area contributed by atoms with Gasteiger partial charge in [0, 0.05) is 18.6 Å². The van der Waals surface area contributed by atoms with Gasteiger partial charge in [0.25, 0.3) is 5.65 Å². The zero-order valence-corrected chi connectivity index (χ0v) is 10.8. The Kier molecular flexibility index (Phi) is 2.88. The summed E-state index contributed by atoms with van der Waals surface area (Å²) in [5, 5.41) is 0. The van der Waals surface area contributed by atoms with E-state index < -0.39 is 0 Å². The van der Waals surface area contributed by atoms with Crippen molar-refractivity contribution < 1.29 is 9.20 Å². The van der Waals surface area contributed by atoms with Crippen molar-refractivity contribution in [3.05, 3.63) is 72.2 Å². The summed E-state index contributed by atoms with van der Waals surface area (Å²) in [6, 6.07) is 15.4. The average Bonchev–Trinajstić information content (AvgIpc) is 2.76. The van der Waals surface area contributed by atoms with Crippen molar-refractivity contribution >= 4 is 11.4 Å². The molecule has 0 bridgehead atoms. The molecule has 0 N–H and O–H groups in total. The van der Waals surface area contributed by atoms with Crippen LogP contribution in [0.5, 0.6) is 0 Å². The number of carbonyl (C=O) groups is 1. The Morgan fingerprint density at radius 1 is 1.11 bits per heavy atom. The van der Waals surface area contributed by atoms with Gasteiger partial charge in [-0.3, -0.25) is 4.79 Å². The molecule has 0 amide bonds. The summed E-state index contributed by atoms with van der Waals surface area (Å²) in [7, 11) is 0. The number of rotatable bonds is 3. The second-order valence-corrected chi connectivity index (χ2v) is 4.61. The van der Waals surface area contributed by atoms with Gasteiger partial charge < -0.3 is 0 Å². The number of benzene rings is 1. The van der Waals surface area contributed by atoms with Gasteiger partial charge in [0.05, 0.1) is 6.20 Å². The van der Waals surface area contributed by atoms with E-state index >= 15 is 0 Å². The van der Waals surface area contributed by atoms with Crippen LogP contribution < -0.4 is 4.40 Å². The molecule has 0 aliphatic heterocycles. The number of imidazole rings is 1. The quantitative estimate of drug-likeness (QED) is 0.518. The summed E-state index contributed by atoms with van der Waals surface area (Å²) in [5.41, 5.74) is 2.87. The minimum Gasteiger partial charge on any atom is -0.290 e. The van der Waals surface area contributed by atoms with Crippen LogP contribution in [0.2, 0.25) is 0 Å². The fourth-order valence-electron chi connectivity index (χ4n) is 2.30. The predicted octanol–water partition coefficient (Wildman–Crippen LogP) is 2.42. The van der Waals surface area contributed by atoms with Crippen LogP contribution in [0.3, 0.4) is 0 Å². The summed E-state index contributed by atoms with van der Waals surface area (Å²) in [5.74, 6) is 0.130. The highest BCUT2D eigenvalue weighted by molar-refractivity contribution is 5.96. The van der Waals surface area contributed by atoms with Gasteiger partial charge in [-0.15, -0.1) is 0 Å². The lowest BCUT2D eigenvalue weighted by Crippen LogP contribution is -2.19. The number of hydrogen-bond donors (Lipinski definition) is 0. The molecule has 0 radical (unpaired) electrons. The number of Topliss-reactive ketones (excluding diaryl/α,β-unsaturated/α-hetero) is 1. The van der Waals surface area contributed by atoms with Crippen molar-refractivity contribution in [2.24, 2.45) is 0 Å². The first kappa shape index (κ1) is 11.7. The lowest BCUT2D eigenvalue weighted by atomic mass is 10.1. The van der Waals surface area contributed by atoms with Crippen LogP contribution in [0, 0.1) is 6.92 Å². The van der Waals surface area contributed by atoms with Gasteiger partial charge in [0.1, 0.15) is 11.9 Å². The number of nitrogens with zero attached hydrogens (tertiary/aromatic N) is 2. The Balaban J connectivity index is 1.98. The fourth-order valence-corrected chi connectivity index (χ4v) is 2.30. The number of fused-ring (bicyclic) bond motifs is 1. The number of carbonyl (C=O) groups excluding carboxylic acids is 1. The van der Waals surface area contributed by atoms with Crippen molar-refractivity contribution in [2.45, 2.75) is 13.5 Å². The number of ketones is 1. The predicted molar refractivity (Wildman–Crippen MR) is 73.1 cm³/mol. The van der Waals surface area contributed by atoms with E-state index in [0.29, 0.717) is 6.54 Å². The van der Waals surface area contributed by atoms with Crippen LogP contribution in [0.15, 0.2) is 60.9 Å². The molecular formula is C16H15N2O+. The van der Waals surface area contributed by atoms with Crippen molar-refractivity contribution in [3.63, 3.8) is 0 Å². The van der Waals surface area contributed by atoms with E-state index in [1.807, 2.05) is 76.8 Å². The van der Waals surface area contributed by atoms with Crippen LogP contribution in [0.1, 0.15) is 16.1 Å². The molecule has 0 unspecified atom stereocenters. The lowest BCUT2D eigenvalue weighted by molar-refractivity contribution is -0.510. The van der Waals surface area contributed by atoms with E-state index in [-0.39, 0.29) is 5.78 Å². The molecule has 0 aliphatic carbocycles. The topological polar surface area (TPSA) is 26.1 Å². The maximum Gasteiger partial charge on any atom is 0.286 e. The Morgan fingerprint density at radius 2 is 1.84 bits per heavy atom. The smallest absolute Gasteiger partial charge is 0.286 e. The molecule has 3 heteroatoms. The van der Waals surface area contributed by atoms with E-state index in [2.05, 4.69) is 0 Å². The Bertz CT molecular complexity index is 729. The van der Waals surface area contributed by atoms with Crippen molar-refractivity contribution in [3.8, 4) is 0 Å². The van der Waals surface area contributed by atoms with Gasteiger partial charge in [-0.2, -0.15) is 0 Å². The van der Waals surface area contributed by atoms with Gasteiger partial charge in [0.2, 0.25) is 5.78 Å². The number of hydrogen-bond acceptors (Lipinski definition) is 1. The largest absolute Gasteiger partial charge is 0.290 e. The van der Waals surface area contributed by atoms with E-state index in [4.69, 9.17) is 0 Å². The molecule has 1 aromatic carbocycles. The summed E-state index contributed by atoms with van der Waals surface area (Å²) < 4.78 is 4.07.